The summed E-state index contributed by atoms with van der Waals surface area (Å²) in [7, 11) is 0. The minimum absolute atomic E-state index is 0.0572. The van der Waals surface area contributed by atoms with E-state index < -0.39 is 0 Å². The fourth-order valence-corrected chi connectivity index (χ4v) is 5.20. The van der Waals surface area contributed by atoms with Crippen LogP contribution in [0.25, 0.3) is 10.2 Å². The lowest BCUT2D eigenvalue weighted by atomic mass is 9.90. The van der Waals surface area contributed by atoms with Crippen LogP contribution in [-0.4, -0.2) is 34.9 Å². The number of piperidine rings is 1. The Morgan fingerprint density at radius 3 is 2.75 bits per heavy atom. The highest BCUT2D eigenvalue weighted by Crippen LogP contribution is 2.43. The monoisotopic (exact) mass is 363 g/mol. The summed E-state index contributed by atoms with van der Waals surface area (Å²) in [6, 6.07) is 0. The smallest absolute Gasteiger partial charge is 0.190 e. The number of anilines is 1. The number of ether oxygens (including phenoxy) is 1. The van der Waals surface area contributed by atoms with E-state index in [-0.39, 0.29) is 5.60 Å². The largest absolute Gasteiger partial charge is 0.369 e. The van der Waals surface area contributed by atoms with E-state index in [0.29, 0.717) is 0 Å². The highest BCUT2D eigenvalue weighted by atomic mass is 32.2. The normalized spacial score (nSPS) is 24.4. The summed E-state index contributed by atoms with van der Waals surface area (Å²) in [5, 5.41) is 2.19. The second-order valence-corrected chi connectivity index (χ2v) is 8.89. The van der Waals surface area contributed by atoms with E-state index in [0.717, 1.165) is 42.5 Å². The lowest BCUT2D eigenvalue weighted by molar-refractivity contribution is -0.0543. The molecule has 0 bridgehead atoms. The van der Waals surface area contributed by atoms with Gasteiger partial charge in [-0.05, 0) is 44.4 Å². The molecule has 4 nitrogen and oxygen atoms in total. The van der Waals surface area contributed by atoms with Gasteiger partial charge in [0.1, 0.15) is 10.6 Å². The zero-order valence-corrected chi connectivity index (χ0v) is 16.4. The summed E-state index contributed by atoms with van der Waals surface area (Å²) in [5.41, 5.74) is 1.39. The average molecular weight is 364 g/mol. The molecule has 0 amide bonds. The summed E-state index contributed by atoms with van der Waals surface area (Å²) in [6.45, 7) is 7.40. The van der Waals surface area contributed by atoms with Crippen molar-refractivity contribution in [3.63, 3.8) is 0 Å². The minimum Gasteiger partial charge on any atom is -0.369 e. The van der Waals surface area contributed by atoms with Crippen molar-refractivity contribution in [1.82, 2.24) is 9.97 Å². The predicted octanol–water partition coefficient (Wildman–Crippen LogP) is 4.64. The summed E-state index contributed by atoms with van der Waals surface area (Å²) < 4.78 is 6.16. The molecule has 0 aromatic carbocycles. The molecule has 0 N–H and O–H groups in total. The van der Waals surface area contributed by atoms with Crippen LogP contribution >= 0.6 is 23.1 Å². The van der Waals surface area contributed by atoms with Crippen molar-refractivity contribution in [2.45, 2.75) is 63.3 Å². The highest BCUT2D eigenvalue weighted by molar-refractivity contribution is 7.98. The molecule has 0 aliphatic carbocycles. The Hall–Kier alpha value is -0.850. The molecule has 0 spiro atoms. The number of aromatic nitrogens is 2. The maximum absolute atomic E-state index is 6.16. The van der Waals surface area contributed by atoms with Gasteiger partial charge in [-0.1, -0.05) is 18.7 Å². The molecule has 0 saturated carbocycles. The molecule has 1 fully saturated rings. The third kappa shape index (κ3) is 2.82. The Labute approximate surface area is 152 Å². The molecule has 1 saturated heterocycles. The first-order valence-electron chi connectivity index (χ1n) is 8.89. The van der Waals surface area contributed by atoms with Crippen molar-refractivity contribution >= 4 is 39.1 Å². The fraction of sp³-hybridized carbons (Fsp3) is 0.667. The lowest BCUT2D eigenvalue weighted by Crippen LogP contribution is -2.34. The Balaban J connectivity index is 1.88. The molecule has 0 unspecified atom stereocenters. The Morgan fingerprint density at radius 2 is 2.04 bits per heavy atom. The van der Waals surface area contributed by atoms with Gasteiger partial charge in [0.25, 0.3) is 0 Å². The van der Waals surface area contributed by atoms with Gasteiger partial charge in [0, 0.05) is 24.4 Å². The van der Waals surface area contributed by atoms with Crippen molar-refractivity contribution in [3.05, 3.63) is 10.4 Å². The second-order valence-electron chi connectivity index (χ2n) is 7.03. The van der Waals surface area contributed by atoms with Gasteiger partial charge < -0.3 is 9.64 Å². The summed E-state index contributed by atoms with van der Waals surface area (Å²) >= 11 is 3.44. The average Bonchev–Trinajstić information content (AvgIpc) is 2.99. The first kappa shape index (κ1) is 16.6. The van der Waals surface area contributed by atoms with Crippen LogP contribution in [0.4, 0.5) is 5.82 Å². The third-order valence-electron chi connectivity index (χ3n) is 5.38. The van der Waals surface area contributed by atoms with E-state index in [2.05, 4.69) is 25.0 Å². The van der Waals surface area contributed by atoms with Crippen LogP contribution in [-0.2, 0) is 17.8 Å². The lowest BCUT2D eigenvalue weighted by Gasteiger charge is -2.34. The van der Waals surface area contributed by atoms with E-state index in [1.807, 2.05) is 0 Å². The van der Waals surface area contributed by atoms with Crippen molar-refractivity contribution in [2.75, 3.05) is 24.2 Å². The molecular weight excluding hydrogens is 338 g/mol. The van der Waals surface area contributed by atoms with E-state index in [1.54, 1.807) is 23.1 Å². The van der Waals surface area contributed by atoms with Crippen LogP contribution in [0.15, 0.2) is 5.16 Å². The number of rotatable bonds is 3. The van der Waals surface area contributed by atoms with Gasteiger partial charge in [0.05, 0.1) is 17.6 Å². The second kappa shape index (κ2) is 6.46. The quantitative estimate of drug-likeness (QED) is 0.586. The van der Waals surface area contributed by atoms with Crippen LogP contribution in [0, 0.1) is 0 Å². The molecule has 6 heteroatoms. The number of thioether (sulfide) groups is 1. The Morgan fingerprint density at radius 1 is 1.25 bits per heavy atom. The van der Waals surface area contributed by atoms with Crippen molar-refractivity contribution in [1.29, 1.82) is 0 Å². The van der Waals surface area contributed by atoms with Gasteiger partial charge in [0.2, 0.25) is 0 Å². The minimum atomic E-state index is -0.0572. The molecule has 2 aromatic rings. The van der Waals surface area contributed by atoms with Crippen LogP contribution in [0.2, 0.25) is 0 Å². The molecule has 0 radical (unpaired) electrons. The molecule has 2 aromatic heterocycles. The summed E-state index contributed by atoms with van der Waals surface area (Å²) in [4.78, 5) is 14.7. The van der Waals surface area contributed by atoms with E-state index >= 15 is 0 Å². The first-order chi connectivity index (χ1) is 11.6. The zero-order valence-electron chi connectivity index (χ0n) is 14.7. The number of fused-ring (bicyclic) bond motifs is 3. The maximum Gasteiger partial charge on any atom is 0.190 e. The fourth-order valence-electron chi connectivity index (χ4n) is 3.69. The van der Waals surface area contributed by atoms with Crippen LogP contribution in [0.1, 0.15) is 50.0 Å². The molecule has 24 heavy (non-hydrogen) atoms. The summed E-state index contributed by atoms with van der Waals surface area (Å²) in [6.07, 6.45) is 7.94. The van der Waals surface area contributed by atoms with Crippen molar-refractivity contribution in [3.8, 4) is 0 Å². The molecule has 2 aliphatic rings. The van der Waals surface area contributed by atoms with Crippen LogP contribution < -0.4 is 4.90 Å². The third-order valence-corrected chi connectivity index (χ3v) is 7.03. The summed E-state index contributed by atoms with van der Waals surface area (Å²) in [5.74, 6) is 1.17. The number of hydrogen-bond acceptors (Lipinski definition) is 6. The SMILES string of the molecule is CC[C@@]1(C)Cc2c(sc3nc(SC)nc(N4CCCCC4)c23)CO1. The Bertz CT molecular complexity index is 754. The Kier molecular flexibility index (Phi) is 4.47. The number of nitrogens with zero attached hydrogens (tertiary/aromatic N) is 3. The zero-order chi connectivity index (χ0) is 16.7. The molecule has 4 heterocycles. The van der Waals surface area contributed by atoms with E-state index in [4.69, 9.17) is 14.7 Å². The van der Waals surface area contributed by atoms with Gasteiger partial charge in [-0.3, -0.25) is 0 Å². The van der Waals surface area contributed by atoms with Gasteiger partial charge in [0.15, 0.2) is 5.16 Å². The van der Waals surface area contributed by atoms with Gasteiger partial charge in [-0.2, -0.15) is 0 Å². The van der Waals surface area contributed by atoms with Crippen molar-refractivity contribution < 1.29 is 4.74 Å². The van der Waals surface area contributed by atoms with E-state index in [1.165, 1.54) is 40.9 Å². The van der Waals surface area contributed by atoms with Gasteiger partial charge >= 0.3 is 0 Å². The number of hydrogen-bond donors (Lipinski definition) is 0. The molecule has 4 rings (SSSR count). The molecule has 130 valence electrons. The standard InChI is InChI=1S/C18H25N3OS2/c1-4-18(2)10-12-13(11-22-18)24-16-14(12)15(19-17(20-16)23-3)21-8-6-5-7-9-21/h4-11H2,1-3H3/t18-/m0/s1. The highest BCUT2D eigenvalue weighted by Gasteiger charge is 2.34. The van der Waals surface area contributed by atoms with Gasteiger partial charge in [-0.15, -0.1) is 11.3 Å². The topological polar surface area (TPSA) is 38.2 Å². The molecular formula is C18H25N3OS2. The molecule has 1 atom stereocenters. The molecule has 2 aliphatic heterocycles. The van der Waals surface area contributed by atoms with Gasteiger partial charge in [-0.25, -0.2) is 9.97 Å². The number of thiophene rings is 1. The van der Waals surface area contributed by atoms with E-state index in [9.17, 15) is 0 Å². The van der Waals surface area contributed by atoms with Crippen molar-refractivity contribution in [2.24, 2.45) is 0 Å². The van der Waals surface area contributed by atoms with Crippen LogP contribution in [0.5, 0.6) is 0 Å². The van der Waals surface area contributed by atoms with Crippen LogP contribution in [0.3, 0.4) is 0 Å². The predicted molar refractivity (Wildman–Crippen MR) is 102 cm³/mol. The first-order valence-corrected chi connectivity index (χ1v) is 10.9. The maximum atomic E-state index is 6.16.